The van der Waals surface area contributed by atoms with Gasteiger partial charge in [-0.1, -0.05) is 18.2 Å². The molecule has 0 unspecified atom stereocenters. The van der Waals surface area contributed by atoms with Crippen molar-refractivity contribution >= 4 is 17.0 Å². The molecule has 0 saturated heterocycles. The fourth-order valence-electron chi connectivity index (χ4n) is 2.87. The molecule has 0 fully saturated rings. The van der Waals surface area contributed by atoms with Crippen LogP contribution in [0.15, 0.2) is 42.6 Å². The molecule has 0 bridgehead atoms. The van der Waals surface area contributed by atoms with Crippen LogP contribution in [0.4, 0.5) is 10.3 Å². The summed E-state index contributed by atoms with van der Waals surface area (Å²) in [4.78, 5) is 8.71. The molecule has 0 radical (unpaired) electrons. The Hall–Kier alpha value is -3.33. The molecule has 138 valence electrons. The highest BCUT2D eigenvalue weighted by Gasteiger charge is 2.19. The lowest BCUT2D eigenvalue weighted by Crippen LogP contribution is -2.09. The molecule has 0 aliphatic carbocycles. The minimum Gasteiger partial charge on any atom is -0.383 e. The molecular weight excluding hydrogens is 349 g/mol. The number of nitrogens with zero attached hydrogens (tertiary/aromatic N) is 6. The molecule has 0 spiro atoms. The zero-order valence-corrected chi connectivity index (χ0v) is 14.7. The van der Waals surface area contributed by atoms with Crippen LogP contribution in [-0.4, -0.2) is 43.2 Å². The fraction of sp³-hybridized carbons (Fsp3) is 0.222. The SMILES string of the molecule is COCCn1nc(-c2nn(Cc3ccccc3F)c3ncccc23)nc1N. The van der Waals surface area contributed by atoms with Gasteiger partial charge >= 0.3 is 0 Å². The Morgan fingerprint density at radius 3 is 2.78 bits per heavy atom. The minimum absolute atomic E-state index is 0.250. The summed E-state index contributed by atoms with van der Waals surface area (Å²) in [6, 6.07) is 10.3. The van der Waals surface area contributed by atoms with Gasteiger partial charge in [0.25, 0.3) is 0 Å². The first-order valence-corrected chi connectivity index (χ1v) is 8.42. The van der Waals surface area contributed by atoms with Crippen molar-refractivity contribution in [3.05, 3.63) is 54.0 Å². The number of nitrogens with two attached hydrogens (primary N) is 1. The van der Waals surface area contributed by atoms with Crippen LogP contribution in [0, 0.1) is 5.82 Å². The van der Waals surface area contributed by atoms with Crippen molar-refractivity contribution in [2.75, 3.05) is 19.5 Å². The third-order valence-corrected chi connectivity index (χ3v) is 4.20. The van der Waals surface area contributed by atoms with Gasteiger partial charge in [0.2, 0.25) is 11.8 Å². The number of hydrogen-bond donors (Lipinski definition) is 1. The number of fused-ring (bicyclic) bond motifs is 1. The zero-order valence-electron chi connectivity index (χ0n) is 14.7. The Bertz CT molecular complexity index is 1090. The highest BCUT2D eigenvalue weighted by molar-refractivity contribution is 5.89. The summed E-state index contributed by atoms with van der Waals surface area (Å²) in [6.45, 7) is 1.21. The molecule has 1 aromatic carbocycles. The van der Waals surface area contributed by atoms with Crippen LogP contribution in [0.2, 0.25) is 0 Å². The average molecular weight is 367 g/mol. The quantitative estimate of drug-likeness (QED) is 0.561. The van der Waals surface area contributed by atoms with Crippen molar-refractivity contribution in [1.29, 1.82) is 0 Å². The number of halogens is 1. The van der Waals surface area contributed by atoms with Crippen LogP contribution in [0.1, 0.15) is 5.56 Å². The van der Waals surface area contributed by atoms with Gasteiger partial charge in [0.1, 0.15) is 11.5 Å². The van der Waals surface area contributed by atoms with E-state index in [0.29, 0.717) is 35.9 Å². The number of pyridine rings is 1. The number of anilines is 1. The van der Waals surface area contributed by atoms with Crippen molar-refractivity contribution in [3.63, 3.8) is 0 Å². The van der Waals surface area contributed by atoms with Crippen molar-refractivity contribution < 1.29 is 9.13 Å². The average Bonchev–Trinajstić information content (AvgIpc) is 3.23. The van der Waals surface area contributed by atoms with Gasteiger partial charge < -0.3 is 10.5 Å². The molecule has 3 aromatic heterocycles. The maximum absolute atomic E-state index is 14.1. The van der Waals surface area contributed by atoms with Gasteiger partial charge in [0.05, 0.1) is 25.1 Å². The van der Waals surface area contributed by atoms with Gasteiger partial charge in [-0.05, 0) is 18.2 Å². The molecule has 9 heteroatoms. The topological polar surface area (TPSA) is 96.7 Å². The second kappa shape index (κ2) is 7.12. The Morgan fingerprint density at radius 2 is 1.96 bits per heavy atom. The first-order chi connectivity index (χ1) is 13.2. The van der Waals surface area contributed by atoms with Crippen LogP contribution in [0.3, 0.4) is 0 Å². The van der Waals surface area contributed by atoms with Gasteiger partial charge in [-0.25, -0.2) is 18.7 Å². The molecule has 0 amide bonds. The highest BCUT2D eigenvalue weighted by Crippen LogP contribution is 2.26. The van der Waals surface area contributed by atoms with E-state index in [4.69, 9.17) is 10.5 Å². The summed E-state index contributed by atoms with van der Waals surface area (Å²) >= 11 is 0. The van der Waals surface area contributed by atoms with E-state index in [1.165, 1.54) is 6.07 Å². The maximum atomic E-state index is 14.1. The second-order valence-electron chi connectivity index (χ2n) is 5.98. The molecule has 8 nitrogen and oxygen atoms in total. The van der Waals surface area contributed by atoms with E-state index in [1.54, 1.807) is 40.9 Å². The number of hydrogen-bond acceptors (Lipinski definition) is 6. The Kier molecular flexibility index (Phi) is 4.51. The Morgan fingerprint density at radius 1 is 1.11 bits per heavy atom. The van der Waals surface area contributed by atoms with Gasteiger partial charge in [-0.3, -0.25) is 0 Å². The third kappa shape index (κ3) is 3.24. The van der Waals surface area contributed by atoms with Crippen LogP contribution in [0.5, 0.6) is 0 Å². The molecule has 3 heterocycles. The van der Waals surface area contributed by atoms with Gasteiger partial charge in [0.15, 0.2) is 5.65 Å². The van der Waals surface area contributed by atoms with Gasteiger partial charge in [-0.15, -0.1) is 5.10 Å². The van der Waals surface area contributed by atoms with Crippen molar-refractivity contribution in [1.82, 2.24) is 29.5 Å². The summed E-state index contributed by atoms with van der Waals surface area (Å²) in [5, 5.41) is 9.80. The Labute approximate surface area is 154 Å². The molecule has 2 N–H and O–H groups in total. The molecule has 0 aliphatic heterocycles. The lowest BCUT2D eigenvalue weighted by Gasteiger charge is -2.04. The summed E-state index contributed by atoms with van der Waals surface area (Å²) in [7, 11) is 1.61. The minimum atomic E-state index is -0.287. The van der Waals surface area contributed by atoms with Gasteiger partial charge in [-0.2, -0.15) is 10.1 Å². The number of aromatic nitrogens is 6. The van der Waals surface area contributed by atoms with E-state index in [2.05, 4.69) is 20.2 Å². The molecule has 4 aromatic rings. The van der Waals surface area contributed by atoms with Crippen LogP contribution in [0.25, 0.3) is 22.6 Å². The summed E-state index contributed by atoms with van der Waals surface area (Å²) in [5.74, 6) is 0.390. The van der Waals surface area contributed by atoms with Crippen LogP contribution in [-0.2, 0) is 17.8 Å². The summed E-state index contributed by atoms with van der Waals surface area (Å²) < 4.78 is 22.3. The largest absolute Gasteiger partial charge is 0.383 e. The molecule has 0 saturated carbocycles. The van der Waals surface area contributed by atoms with E-state index < -0.39 is 0 Å². The predicted octanol–water partition coefficient (Wildman–Crippen LogP) is 2.11. The van der Waals surface area contributed by atoms with E-state index in [1.807, 2.05) is 12.1 Å². The lowest BCUT2D eigenvalue weighted by atomic mass is 10.2. The number of rotatable bonds is 6. The van der Waals surface area contributed by atoms with E-state index in [-0.39, 0.29) is 18.3 Å². The van der Waals surface area contributed by atoms with Crippen molar-refractivity contribution in [3.8, 4) is 11.5 Å². The first-order valence-electron chi connectivity index (χ1n) is 8.42. The van der Waals surface area contributed by atoms with Crippen LogP contribution < -0.4 is 5.73 Å². The number of nitrogen functional groups attached to an aromatic ring is 1. The standard InChI is InChI=1S/C18H18FN7O/c1-27-10-9-25-18(20)22-16(24-25)15-13-6-4-8-21-17(13)26(23-15)11-12-5-2-3-7-14(12)19/h2-8H,9-11H2,1H3,(H2,20,22,24). The maximum Gasteiger partial charge on any atom is 0.219 e. The fourth-order valence-corrected chi connectivity index (χ4v) is 2.87. The van der Waals surface area contributed by atoms with Crippen molar-refractivity contribution in [2.24, 2.45) is 0 Å². The number of methoxy groups -OCH3 is 1. The predicted molar refractivity (Wildman–Crippen MR) is 98.3 cm³/mol. The smallest absolute Gasteiger partial charge is 0.219 e. The van der Waals surface area contributed by atoms with Gasteiger partial charge in [0, 0.05) is 18.9 Å². The molecule has 0 atom stereocenters. The lowest BCUT2D eigenvalue weighted by molar-refractivity contribution is 0.184. The molecular formula is C18H18FN7O. The Balaban J connectivity index is 1.77. The summed E-state index contributed by atoms with van der Waals surface area (Å²) in [5.41, 5.74) is 7.65. The highest BCUT2D eigenvalue weighted by atomic mass is 19.1. The van der Waals surface area contributed by atoms with E-state index >= 15 is 0 Å². The monoisotopic (exact) mass is 367 g/mol. The molecule has 0 aliphatic rings. The first kappa shape index (κ1) is 17.1. The summed E-state index contributed by atoms with van der Waals surface area (Å²) in [6.07, 6.45) is 1.67. The molecule has 27 heavy (non-hydrogen) atoms. The van der Waals surface area contributed by atoms with E-state index in [9.17, 15) is 4.39 Å². The normalized spacial score (nSPS) is 11.3. The van der Waals surface area contributed by atoms with Crippen molar-refractivity contribution in [2.45, 2.75) is 13.1 Å². The number of benzene rings is 1. The second-order valence-corrected chi connectivity index (χ2v) is 5.98. The van der Waals surface area contributed by atoms with Crippen LogP contribution >= 0.6 is 0 Å². The van der Waals surface area contributed by atoms with E-state index in [0.717, 1.165) is 5.39 Å². The zero-order chi connectivity index (χ0) is 18.8. The number of ether oxygens (including phenoxy) is 1. The molecule has 4 rings (SSSR count). The third-order valence-electron chi connectivity index (χ3n) is 4.20.